The van der Waals surface area contributed by atoms with Gasteiger partial charge in [-0.25, -0.2) is 13.2 Å². The van der Waals surface area contributed by atoms with Gasteiger partial charge < -0.3 is 14.4 Å². The second-order valence-electron chi connectivity index (χ2n) is 7.31. The number of hydrogen-bond acceptors (Lipinski definition) is 9. The van der Waals surface area contributed by atoms with Gasteiger partial charge in [-0.15, -0.1) is 5.10 Å². The first-order valence-corrected chi connectivity index (χ1v) is 11.6. The van der Waals surface area contributed by atoms with Gasteiger partial charge in [-0.3, -0.25) is 4.79 Å². The van der Waals surface area contributed by atoms with Crippen LogP contribution in [0.1, 0.15) is 18.7 Å². The van der Waals surface area contributed by atoms with Crippen molar-refractivity contribution in [1.29, 1.82) is 0 Å². The lowest BCUT2D eigenvalue weighted by molar-refractivity contribution is -0.163. The smallest absolute Gasteiger partial charge is 0.422 e. The molecule has 0 radical (unpaired) electrons. The van der Waals surface area contributed by atoms with Gasteiger partial charge in [-0.1, -0.05) is 0 Å². The topological polar surface area (TPSA) is 134 Å². The van der Waals surface area contributed by atoms with Gasteiger partial charge in [0, 0.05) is 19.3 Å². The normalized spacial score (nSPS) is 15.3. The number of halogens is 3. The van der Waals surface area contributed by atoms with Gasteiger partial charge >= 0.3 is 18.2 Å². The molecule has 2 aromatic rings. The minimum Gasteiger partial charge on any atom is -0.457 e. The number of amides is 1. The van der Waals surface area contributed by atoms with Crippen molar-refractivity contribution < 1.29 is 40.7 Å². The van der Waals surface area contributed by atoms with Gasteiger partial charge in [0.25, 0.3) is 0 Å². The Balaban J connectivity index is 1.51. The lowest BCUT2D eigenvalue weighted by Gasteiger charge is -2.30. The Morgan fingerprint density at radius 3 is 2.33 bits per heavy atom. The standard InChI is InChI=1S/C18H20F3N5O6S/c1-33(29,30)14-4-2-13(3-5-14)26-15(22-23-24-26)10-31-16(27)12-6-8-25(9-7-12)17(28)32-11-18(19,20)21/h2-5,12H,6-11H2,1H3. The summed E-state index contributed by atoms with van der Waals surface area (Å²) >= 11 is 0. The quantitative estimate of drug-likeness (QED) is 0.551. The van der Waals surface area contributed by atoms with E-state index in [1.165, 1.54) is 28.9 Å². The summed E-state index contributed by atoms with van der Waals surface area (Å²) < 4.78 is 70.4. The van der Waals surface area contributed by atoms with Crippen LogP contribution in [0.15, 0.2) is 29.2 Å². The number of alkyl halides is 3. The summed E-state index contributed by atoms with van der Waals surface area (Å²) in [5.41, 5.74) is 0.462. The lowest BCUT2D eigenvalue weighted by atomic mass is 9.97. The van der Waals surface area contributed by atoms with Gasteiger partial charge in [-0.2, -0.15) is 17.9 Å². The number of ether oxygens (including phenoxy) is 2. The van der Waals surface area contributed by atoms with Gasteiger partial charge in [0.1, 0.15) is 0 Å². The van der Waals surface area contributed by atoms with Crippen LogP contribution in [-0.4, -0.2) is 77.7 Å². The summed E-state index contributed by atoms with van der Waals surface area (Å²) in [4.78, 5) is 25.3. The number of benzene rings is 1. The molecule has 3 rings (SSSR count). The van der Waals surface area contributed by atoms with Crippen molar-refractivity contribution in [2.75, 3.05) is 26.0 Å². The maximum absolute atomic E-state index is 12.4. The summed E-state index contributed by atoms with van der Waals surface area (Å²) in [6.07, 6.45) is -4.20. The highest BCUT2D eigenvalue weighted by Crippen LogP contribution is 2.21. The van der Waals surface area contributed by atoms with E-state index in [0.717, 1.165) is 11.2 Å². The highest BCUT2D eigenvalue weighted by molar-refractivity contribution is 7.90. The molecule has 0 aliphatic carbocycles. The van der Waals surface area contributed by atoms with Crippen LogP contribution in [0, 0.1) is 5.92 Å². The Labute approximate surface area is 186 Å². The number of esters is 1. The number of likely N-dealkylation sites (tertiary alicyclic amines) is 1. The van der Waals surface area contributed by atoms with Crippen LogP contribution in [0.25, 0.3) is 5.69 Å². The Morgan fingerprint density at radius 2 is 1.76 bits per heavy atom. The first-order chi connectivity index (χ1) is 15.4. The van der Waals surface area contributed by atoms with E-state index in [4.69, 9.17) is 4.74 Å². The highest BCUT2D eigenvalue weighted by Gasteiger charge is 2.33. The predicted octanol–water partition coefficient (Wildman–Crippen LogP) is 1.52. The third-order valence-corrected chi connectivity index (χ3v) is 5.96. The SMILES string of the molecule is CS(=O)(=O)c1ccc(-n2nnnc2COC(=O)C2CCN(C(=O)OCC(F)(F)F)CC2)cc1. The third-order valence-electron chi connectivity index (χ3n) is 4.83. The van der Waals surface area contributed by atoms with Crippen molar-refractivity contribution in [1.82, 2.24) is 25.1 Å². The number of carbonyl (C=O) groups excluding carboxylic acids is 2. The van der Waals surface area contributed by atoms with Crippen molar-refractivity contribution in [3.05, 3.63) is 30.1 Å². The molecule has 11 nitrogen and oxygen atoms in total. The zero-order valence-electron chi connectivity index (χ0n) is 17.4. The predicted molar refractivity (Wildman–Crippen MR) is 104 cm³/mol. The highest BCUT2D eigenvalue weighted by atomic mass is 32.2. The molecule has 0 atom stereocenters. The minimum atomic E-state index is -4.61. The summed E-state index contributed by atoms with van der Waals surface area (Å²) in [7, 11) is -3.36. The number of piperidine rings is 1. The maximum atomic E-state index is 12.4. The number of tetrazole rings is 1. The summed E-state index contributed by atoms with van der Waals surface area (Å²) in [6.45, 7) is -1.81. The molecule has 180 valence electrons. The van der Waals surface area contributed by atoms with Crippen LogP contribution in [0.4, 0.5) is 18.0 Å². The fraction of sp³-hybridized carbons (Fsp3) is 0.500. The van der Waals surface area contributed by atoms with E-state index in [1.807, 2.05) is 0 Å². The second-order valence-corrected chi connectivity index (χ2v) is 9.33. The number of rotatable bonds is 6. The molecule has 1 amide bonds. The van der Waals surface area contributed by atoms with Crippen LogP contribution in [0.5, 0.6) is 0 Å². The molecule has 1 aliphatic heterocycles. The average molecular weight is 491 g/mol. The largest absolute Gasteiger partial charge is 0.457 e. The van der Waals surface area contributed by atoms with Crippen LogP contribution < -0.4 is 0 Å². The van der Waals surface area contributed by atoms with E-state index in [0.29, 0.717) is 5.69 Å². The van der Waals surface area contributed by atoms with Gasteiger partial charge in [0.15, 0.2) is 28.9 Å². The number of nitrogens with zero attached hydrogens (tertiary/aromatic N) is 5. The van der Waals surface area contributed by atoms with E-state index in [-0.39, 0.29) is 43.3 Å². The van der Waals surface area contributed by atoms with Crippen molar-refractivity contribution in [2.24, 2.45) is 5.92 Å². The number of sulfone groups is 1. The summed E-state index contributed by atoms with van der Waals surface area (Å²) in [5.74, 6) is -0.904. The molecular weight excluding hydrogens is 471 g/mol. The Bertz CT molecular complexity index is 1100. The van der Waals surface area contributed by atoms with E-state index >= 15 is 0 Å². The zero-order chi connectivity index (χ0) is 24.2. The van der Waals surface area contributed by atoms with Gasteiger partial charge in [-0.05, 0) is 47.5 Å². The molecule has 0 saturated carbocycles. The molecule has 2 heterocycles. The number of hydrogen-bond donors (Lipinski definition) is 0. The monoisotopic (exact) mass is 491 g/mol. The Morgan fingerprint density at radius 1 is 1.12 bits per heavy atom. The second kappa shape index (κ2) is 9.72. The van der Waals surface area contributed by atoms with Crippen LogP contribution in [0.2, 0.25) is 0 Å². The van der Waals surface area contributed by atoms with Gasteiger partial charge in [0.05, 0.1) is 16.5 Å². The Kier molecular flexibility index (Phi) is 7.19. The molecule has 0 unspecified atom stereocenters. The maximum Gasteiger partial charge on any atom is 0.422 e. The zero-order valence-corrected chi connectivity index (χ0v) is 18.2. The van der Waals surface area contributed by atoms with E-state index in [2.05, 4.69) is 20.3 Å². The van der Waals surface area contributed by atoms with Crippen LogP contribution >= 0.6 is 0 Å². The van der Waals surface area contributed by atoms with Crippen molar-refractivity contribution >= 4 is 21.9 Å². The number of aromatic nitrogens is 4. The van der Waals surface area contributed by atoms with Crippen LogP contribution in [-0.2, 0) is 30.7 Å². The number of carbonyl (C=O) groups is 2. The summed E-state index contributed by atoms with van der Waals surface area (Å²) in [5, 5.41) is 11.2. The van der Waals surface area contributed by atoms with Gasteiger partial charge in [0.2, 0.25) is 0 Å². The molecule has 1 fully saturated rings. The fourth-order valence-electron chi connectivity index (χ4n) is 3.12. The van der Waals surface area contributed by atoms with Crippen molar-refractivity contribution in [3.8, 4) is 5.69 Å². The molecular formula is C18H20F3N5O6S. The Hall–Kier alpha value is -3.23. The first-order valence-electron chi connectivity index (χ1n) is 9.67. The van der Waals surface area contributed by atoms with Crippen LogP contribution in [0.3, 0.4) is 0 Å². The van der Waals surface area contributed by atoms with E-state index in [1.54, 1.807) is 0 Å². The van der Waals surface area contributed by atoms with E-state index < -0.39 is 40.6 Å². The fourth-order valence-corrected chi connectivity index (χ4v) is 3.75. The summed E-state index contributed by atoms with van der Waals surface area (Å²) in [6, 6.07) is 5.81. The lowest BCUT2D eigenvalue weighted by Crippen LogP contribution is -2.41. The van der Waals surface area contributed by atoms with Crippen molar-refractivity contribution in [2.45, 2.75) is 30.5 Å². The third kappa shape index (κ3) is 6.63. The minimum absolute atomic E-state index is 0.0564. The molecule has 0 N–H and O–H groups in total. The molecule has 1 aromatic carbocycles. The van der Waals surface area contributed by atoms with Crippen molar-refractivity contribution in [3.63, 3.8) is 0 Å². The molecule has 1 saturated heterocycles. The molecule has 0 bridgehead atoms. The molecule has 33 heavy (non-hydrogen) atoms. The van der Waals surface area contributed by atoms with E-state index in [9.17, 15) is 31.2 Å². The average Bonchev–Trinajstić information content (AvgIpc) is 3.23. The molecule has 15 heteroatoms. The first kappa shape index (κ1) is 24.4. The molecule has 0 spiro atoms. The molecule has 1 aromatic heterocycles. The molecule has 1 aliphatic rings.